The number of aryl methyl sites for hydroxylation is 2. The molecule has 0 aliphatic carbocycles. The Balaban J connectivity index is 3.13. The average Bonchev–Trinajstić information content (AvgIpc) is 2.24. The van der Waals surface area contributed by atoms with E-state index in [2.05, 4.69) is 20.8 Å². The lowest BCUT2D eigenvalue weighted by molar-refractivity contribution is 0.295. The maximum absolute atomic E-state index is 12.0. The van der Waals surface area contributed by atoms with Crippen LogP contribution in [0.3, 0.4) is 0 Å². The predicted octanol–water partition coefficient (Wildman–Crippen LogP) is 3.61. The maximum Gasteiger partial charge on any atom is 0.189 e. The molecule has 0 saturated carbocycles. The molecule has 0 heterocycles. The van der Waals surface area contributed by atoms with Crippen molar-refractivity contribution in [1.82, 2.24) is 0 Å². The van der Waals surface area contributed by atoms with Gasteiger partial charge in [0, 0.05) is 0 Å². The van der Waals surface area contributed by atoms with E-state index in [4.69, 9.17) is 4.18 Å². The van der Waals surface area contributed by atoms with Crippen molar-refractivity contribution in [3.05, 3.63) is 28.8 Å². The first-order chi connectivity index (χ1) is 8.27. The minimum atomic E-state index is -1.58. The molecule has 1 aromatic rings. The van der Waals surface area contributed by atoms with Crippen molar-refractivity contribution in [2.45, 2.75) is 44.9 Å². The summed E-state index contributed by atoms with van der Waals surface area (Å²) in [6.45, 7) is 9.48. The summed E-state index contributed by atoms with van der Waals surface area (Å²) in [5, 5.41) is 0. The smallest absolute Gasteiger partial charge is 0.189 e. The van der Waals surface area contributed by atoms with Gasteiger partial charge in [-0.05, 0) is 36.0 Å². The van der Waals surface area contributed by atoms with Gasteiger partial charge in [0.1, 0.15) is 6.67 Å². The molecule has 4 heteroatoms. The Morgan fingerprint density at radius 1 is 1.22 bits per heavy atom. The van der Waals surface area contributed by atoms with Gasteiger partial charge in [0.25, 0.3) is 0 Å². The van der Waals surface area contributed by atoms with Gasteiger partial charge in [-0.15, -0.1) is 0 Å². The highest BCUT2D eigenvalue weighted by Gasteiger charge is 2.19. The zero-order chi connectivity index (χ0) is 13.9. The highest BCUT2D eigenvalue weighted by atomic mass is 32.2. The van der Waals surface area contributed by atoms with Crippen LogP contribution in [0.15, 0.2) is 17.0 Å². The fraction of sp³-hybridized carbons (Fsp3) is 0.571. The molecule has 0 saturated heterocycles. The lowest BCUT2D eigenvalue weighted by atomic mass is 9.85. The van der Waals surface area contributed by atoms with Crippen molar-refractivity contribution in [3.63, 3.8) is 0 Å². The number of halogens is 1. The Morgan fingerprint density at radius 3 is 2.11 bits per heavy atom. The van der Waals surface area contributed by atoms with E-state index in [9.17, 15) is 8.60 Å². The van der Waals surface area contributed by atoms with Crippen LogP contribution in [0, 0.1) is 13.8 Å². The first-order valence-corrected chi connectivity index (χ1v) is 7.07. The molecule has 1 unspecified atom stereocenters. The van der Waals surface area contributed by atoms with Gasteiger partial charge in [-0.25, -0.2) is 8.60 Å². The molecule has 0 amide bonds. The van der Waals surface area contributed by atoms with Crippen LogP contribution in [0.4, 0.5) is 4.39 Å². The zero-order valence-electron chi connectivity index (χ0n) is 11.7. The predicted molar refractivity (Wildman–Crippen MR) is 73.0 cm³/mol. The fourth-order valence-corrected chi connectivity index (χ4v) is 2.79. The number of rotatable bonds is 4. The van der Waals surface area contributed by atoms with Crippen LogP contribution in [0.1, 0.15) is 37.5 Å². The summed E-state index contributed by atoms with van der Waals surface area (Å²) in [5.41, 5.74) is 3.10. The summed E-state index contributed by atoms with van der Waals surface area (Å²) in [4.78, 5) is 0.663. The molecule has 0 spiro atoms. The summed E-state index contributed by atoms with van der Waals surface area (Å²) in [6, 6.07) is 4.05. The van der Waals surface area contributed by atoms with Crippen LogP contribution in [0.25, 0.3) is 0 Å². The SMILES string of the molecule is Cc1cc(C(C)(C)C)cc(C)c1S(=O)OCCF. The van der Waals surface area contributed by atoms with Gasteiger partial charge < -0.3 is 0 Å². The topological polar surface area (TPSA) is 26.3 Å². The summed E-state index contributed by atoms with van der Waals surface area (Å²) >= 11 is -1.58. The van der Waals surface area contributed by atoms with E-state index >= 15 is 0 Å². The monoisotopic (exact) mass is 272 g/mol. The molecule has 102 valence electrons. The van der Waals surface area contributed by atoms with Crippen molar-refractivity contribution in [2.24, 2.45) is 0 Å². The van der Waals surface area contributed by atoms with Crippen LogP contribution >= 0.6 is 0 Å². The molecule has 1 rings (SSSR count). The third-order valence-corrected chi connectivity index (χ3v) is 4.12. The van der Waals surface area contributed by atoms with Crippen molar-refractivity contribution < 1.29 is 12.8 Å². The second-order valence-electron chi connectivity index (χ2n) is 5.43. The highest BCUT2D eigenvalue weighted by molar-refractivity contribution is 7.80. The largest absolute Gasteiger partial charge is 0.284 e. The van der Waals surface area contributed by atoms with Crippen LogP contribution in [-0.4, -0.2) is 17.5 Å². The molecule has 1 aromatic carbocycles. The maximum atomic E-state index is 12.0. The van der Waals surface area contributed by atoms with E-state index in [1.165, 1.54) is 5.56 Å². The quantitative estimate of drug-likeness (QED) is 0.837. The number of benzene rings is 1. The zero-order valence-corrected chi connectivity index (χ0v) is 12.5. The molecule has 0 aliphatic heterocycles. The Hall–Kier alpha value is -0.740. The second kappa shape index (κ2) is 5.93. The van der Waals surface area contributed by atoms with Gasteiger partial charge in [-0.2, -0.15) is 0 Å². The molecule has 0 bridgehead atoms. The lowest BCUT2D eigenvalue weighted by Gasteiger charge is -2.22. The van der Waals surface area contributed by atoms with E-state index in [0.29, 0.717) is 4.90 Å². The molecular formula is C14H21FO2S. The second-order valence-corrected chi connectivity index (χ2v) is 6.55. The molecular weight excluding hydrogens is 251 g/mol. The minimum absolute atomic E-state index is 0.0509. The van der Waals surface area contributed by atoms with E-state index in [-0.39, 0.29) is 12.0 Å². The molecule has 1 atom stereocenters. The first kappa shape index (κ1) is 15.3. The summed E-state index contributed by atoms with van der Waals surface area (Å²) in [7, 11) is 0. The Morgan fingerprint density at radius 2 is 1.72 bits per heavy atom. The first-order valence-electron chi connectivity index (χ1n) is 6.00. The molecule has 18 heavy (non-hydrogen) atoms. The number of hydrogen-bond acceptors (Lipinski definition) is 2. The van der Waals surface area contributed by atoms with Gasteiger partial charge in [0.05, 0.1) is 11.5 Å². The van der Waals surface area contributed by atoms with Crippen molar-refractivity contribution in [1.29, 1.82) is 0 Å². The lowest BCUT2D eigenvalue weighted by Crippen LogP contribution is -2.13. The van der Waals surface area contributed by atoms with Crippen LogP contribution < -0.4 is 0 Å². The molecule has 0 aromatic heterocycles. The highest BCUT2D eigenvalue weighted by Crippen LogP contribution is 2.28. The van der Waals surface area contributed by atoms with Gasteiger partial charge >= 0.3 is 0 Å². The van der Waals surface area contributed by atoms with Gasteiger partial charge in [-0.1, -0.05) is 32.9 Å². The van der Waals surface area contributed by atoms with Crippen LogP contribution in [0.2, 0.25) is 0 Å². The normalized spacial score (nSPS) is 13.7. The fourth-order valence-electron chi connectivity index (χ4n) is 1.81. The van der Waals surface area contributed by atoms with Gasteiger partial charge in [-0.3, -0.25) is 4.18 Å². The third-order valence-electron chi connectivity index (χ3n) is 2.76. The molecule has 0 radical (unpaired) electrons. The van der Waals surface area contributed by atoms with Crippen LogP contribution in [0.5, 0.6) is 0 Å². The summed E-state index contributed by atoms with van der Waals surface area (Å²) in [6.07, 6.45) is 0. The molecule has 0 fully saturated rings. The summed E-state index contributed by atoms with van der Waals surface area (Å²) in [5.74, 6) is 0. The number of hydrogen-bond donors (Lipinski definition) is 0. The minimum Gasteiger partial charge on any atom is -0.284 e. The van der Waals surface area contributed by atoms with Crippen molar-refractivity contribution >= 4 is 11.1 Å². The van der Waals surface area contributed by atoms with Crippen molar-refractivity contribution in [2.75, 3.05) is 13.3 Å². The Labute approximate surface area is 111 Å². The van der Waals surface area contributed by atoms with Gasteiger partial charge in [0.15, 0.2) is 11.1 Å². The Bertz CT molecular complexity index is 427. The van der Waals surface area contributed by atoms with Crippen LogP contribution in [-0.2, 0) is 20.7 Å². The van der Waals surface area contributed by atoms with E-state index in [0.717, 1.165) is 11.1 Å². The van der Waals surface area contributed by atoms with E-state index in [1.54, 1.807) is 0 Å². The van der Waals surface area contributed by atoms with Gasteiger partial charge in [0.2, 0.25) is 0 Å². The standard InChI is InChI=1S/C14H21FO2S/c1-10-8-12(14(3,4)5)9-11(2)13(10)18(16)17-7-6-15/h8-9H,6-7H2,1-5H3. The van der Waals surface area contributed by atoms with Crippen molar-refractivity contribution in [3.8, 4) is 0 Å². The molecule has 0 aliphatic rings. The number of alkyl halides is 1. The average molecular weight is 272 g/mol. The van der Waals surface area contributed by atoms with E-state index in [1.807, 2.05) is 26.0 Å². The van der Waals surface area contributed by atoms with E-state index < -0.39 is 17.8 Å². The molecule has 0 N–H and O–H groups in total. The molecule has 2 nitrogen and oxygen atoms in total. The summed E-state index contributed by atoms with van der Waals surface area (Å²) < 4.78 is 28.9. The Kier molecular flexibility index (Phi) is 5.05. The third kappa shape index (κ3) is 3.62.